The molecule has 0 amide bonds. The van der Waals surface area contributed by atoms with E-state index in [1.54, 1.807) is 12.4 Å². The first kappa shape index (κ1) is 29.5. The second-order valence-electron chi connectivity index (χ2n) is 12.5. The van der Waals surface area contributed by atoms with Gasteiger partial charge in [0, 0.05) is 29.0 Å². The third kappa shape index (κ3) is 5.84. The van der Waals surface area contributed by atoms with Gasteiger partial charge in [0.15, 0.2) is 5.82 Å². The smallest absolute Gasteiger partial charge is 0.178 e. The number of nitrogens with one attached hydrogen (secondary N) is 2. The molecule has 6 heteroatoms. The Morgan fingerprint density at radius 3 is 2.10 bits per heavy atom. The summed E-state index contributed by atoms with van der Waals surface area (Å²) >= 11 is 0. The normalized spacial score (nSPS) is 18.0. The summed E-state index contributed by atoms with van der Waals surface area (Å²) in [7, 11) is 0. The van der Waals surface area contributed by atoms with Crippen LogP contribution >= 0.6 is 0 Å². The van der Waals surface area contributed by atoms with E-state index in [4.69, 9.17) is 9.98 Å². The maximum absolute atomic E-state index is 5.01. The van der Waals surface area contributed by atoms with Crippen LogP contribution in [-0.2, 0) is 0 Å². The zero-order chi connectivity index (χ0) is 33.3. The topological polar surface area (TPSA) is 75.1 Å². The second kappa shape index (κ2) is 12.7. The van der Waals surface area contributed by atoms with Gasteiger partial charge in [-0.25, -0.2) is 19.9 Å². The van der Waals surface area contributed by atoms with Gasteiger partial charge in [0.25, 0.3) is 0 Å². The Balaban J connectivity index is 0.957. The van der Waals surface area contributed by atoms with Gasteiger partial charge in [-0.3, -0.25) is 0 Å². The van der Waals surface area contributed by atoms with Crippen LogP contribution in [0.25, 0.3) is 39.4 Å². The Bertz CT molecular complexity index is 2400. The standard InChI is InChI=1S/C44H32N6/c1-3-8-30(9-4-1)41-28-42(50-43(49-41)34-10-5-2-6-11-34)31-14-12-29(13-15-31)35-18-16-32-20-22-37(47-39(32)26-35)36-19-17-33-21-23-38(48-40(33)27-36)44-45-24-7-25-46-44/h1-28,39,42,47H,(H,49,50). The fourth-order valence-electron chi connectivity index (χ4n) is 6.63. The molecule has 4 heterocycles. The Morgan fingerprint density at radius 2 is 1.30 bits per heavy atom. The van der Waals surface area contributed by atoms with Crippen molar-refractivity contribution in [2.45, 2.75) is 12.1 Å². The molecule has 0 saturated heterocycles. The molecule has 6 aromatic rings. The minimum absolute atomic E-state index is 0.0159. The third-order valence-corrected chi connectivity index (χ3v) is 9.28. The van der Waals surface area contributed by atoms with Crippen molar-refractivity contribution in [1.82, 2.24) is 25.6 Å². The molecule has 2 N–H and O–H groups in total. The highest BCUT2D eigenvalue weighted by molar-refractivity contribution is 6.03. The van der Waals surface area contributed by atoms with Gasteiger partial charge >= 0.3 is 0 Å². The molecule has 1 aliphatic carbocycles. The lowest BCUT2D eigenvalue weighted by molar-refractivity contribution is 0.780. The molecular weight excluding hydrogens is 613 g/mol. The molecule has 2 atom stereocenters. The van der Waals surface area contributed by atoms with Gasteiger partial charge in [0.2, 0.25) is 0 Å². The summed E-state index contributed by atoms with van der Waals surface area (Å²) in [6.45, 7) is 0. The molecule has 238 valence electrons. The molecule has 0 radical (unpaired) electrons. The number of benzene rings is 4. The quantitative estimate of drug-likeness (QED) is 0.190. The first-order valence-corrected chi connectivity index (χ1v) is 16.8. The SMILES string of the molecule is C1=CC2=CC=C(c3ccc4ccc(-c5ncccn5)nc4c3)NC2C=C1c1ccc(C2C=C(c3ccccc3)N=C(c3ccccc3)N2)cc1. The van der Waals surface area contributed by atoms with Crippen molar-refractivity contribution in [2.75, 3.05) is 0 Å². The molecule has 9 rings (SSSR count). The number of amidine groups is 1. The van der Waals surface area contributed by atoms with Crippen LogP contribution < -0.4 is 10.6 Å². The molecule has 0 saturated carbocycles. The third-order valence-electron chi connectivity index (χ3n) is 9.28. The van der Waals surface area contributed by atoms with Crippen molar-refractivity contribution in [3.63, 3.8) is 0 Å². The number of hydrogen-bond acceptors (Lipinski definition) is 6. The number of hydrogen-bond donors (Lipinski definition) is 2. The summed E-state index contributed by atoms with van der Waals surface area (Å²) in [5.41, 5.74) is 11.7. The molecule has 50 heavy (non-hydrogen) atoms. The molecular formula is C44H32N6. The highest BCUT2D eigenvalue weighted by atomic mass is 15.0. The van der Waals surface area contributed by atoms with Crippen LogP contribution in [0.4, 0.5) is 0 Å². The van der Waals surface area contributed by atoms with E-state index in [1.165, 1.54) is 22.3 Å². The average Bonchev–Trinajstić information content (AvgIpc) is 3.21. The molecule has 0 fully saturated rings. The Hall–Kier alpha value is -6.66. The van der Waals surface area contributed by atoms with Gasteiger partial charge < -0.3 is 10.6 Å². The van der Waals surface area contributed by atoms with E-state index >= 15 is 0 Å². The Labute approximate surface area is 290 Å². The Kier molecular flexibility index (Phi) is 7.52. The lowest BCUT2D eigenvalue weighted by atomic mass is 9.90. The monoisotopic (exact) mass is 644 g/mol. The van der Waals surface area contributed by atoms with E-state index in [9.17, 15) is 0 Å². The van der Waals surface area contributed by atoms with Crippen molar-refractivity contribution in [3.05, 3.63) is 204 Å². The van der Waals surface area contributed by atoms with Crippen LogP contribution in [0.15, 0.2) is 181 Å². The maximum Gasteiger partial charge on any atom is 0.178 e. The van der Waals surface area contributed by atoms with Crippen LogP contribution in [0, 0.1) is 0 Å². The molecule has 2 aliphatic heterocycles. The number of fused-ring (bicyclic) bond motifs is 2. The summed E-state index contributed by atoms with van der Waals surface area (Å²) in [5, 5.41) is 8.52. The summed E-state index contributed by atoms with van der Waals surface area (Å²) in [6.07, 6.45) is 16.8. The average molecular weight is 645 g/mol. The largest absolute Gasteiger partial charge is 0.374 e. The molecule has 2 unspecified atom stereocenters. The fourth-order valence-corrected chi connectivity index (χ4v) is 6.63. The number of nitrogens with zero attached hydrogens (tertiary/aromatic N) is 4. The number of aromatic nitrogens is 3. The van der Waals surface area contributed by atoms with Crippen molar-refractivity contribution < 1.29 is 0 Å². The first-order chi connectivity index (χ1) is 24.7. The van der Waals surface area contributed by atoms with E-state index < -0.39 is 0 Å². The van der Waals surface area contributed by atoms with Crippen LogP contribution in [-0.4, -0.2) is 26.8 Å². The van der Waals surface area contributed by atoms with Crippen LogP contribution in [0.3, 0.4) is 0 Å². The summed E-state index contributed by atoms with van der Waals surface area (Å²) in [6, 6.07) is 41.9. The number of aliphatic imine (C=N–C) groups is 1. The number of pyridine rings is 1. The zero-order valence-corrected chi connectivity index (χ0v) is 27.1. The van der Waals surface area contributed by atoms with Gasteiger partial charge in [-0.05, 0) is 63.8 Å². The van der Waals surface area contributed by atoms with Crippen molar-refractivity contribution in [1.29, 1.82) is 0 Å². The lowest BCUT2D eigenvalue weighted by Crippen LogP contribution is -2.31. The van der Waals surface area contributed by atoms with E-state index in [1.807, 2.05) is 36.4 Å². The van der Waals surface area contributed by atoms with E-state index in [2.05, 4.69) is 142 Å². The lowest BCUT2D eigenvalue weighted by Gasteiger charge is -2.27. The fraction of sp³-hybridized carbons (Fsp3) is 0.0455. The predicted octanol–water partition coefficient (Wildman–Crippen LogP) is 8.72. The molecule has 0 bridgehead atoms. The number of dihydropyridines is 1. The predicted molar refractivity (Wildman–Crippen MR) is 203 cm³/mol. The van der Waals surface area contributed by atoms with Crippen molar-refractivity contribution in [2.24, 2.45) is 4.99 Å². The molecule has 6 nitrogen and oxygen atoms in total. The van der Waals surface area contributed by atoms with E-state index in [-0.39, 0.29) is 12.1 Å². The minimum Gasteiger partial charge on any atom is -0.374 e. The molecule has 4 aromatic carbocycles. The van der Waals surface area contributed by atoms with Crippen molar-refractivity contribution >= 4 is 33.7 Å². The summed E-state index contributed by atoms with van der Waals surface area (Å²) in [5.74, 6) is 1.50. The van der Waals surface area contributed by atoms with Gasteiger partial charge in [-0.15, -0.1) is 0 Å². The van der Waals surface area contributed by atoms with E-state index in [0.29, 0.717) is 5.82 Å². The van der Waals surface area contributed by atoms with Gasteiger partial charge in [0.1, 0.15) is 11.5 Å². The number of allylic oxidation sites excluding steroid dienone is 4. The Morgan fingerprint density at radius 1 is 0.560 bits per heavy atom. The van der Waals surface area contributed by atoms with Crippen molar-refractivity contribution in [3.8, 4) is 11.5 Å². The van der Waals surface area contributed by atoms with E-state index in [0.717, 1.165) is 50.5 Å². The second-order valence-corrected chi connectivity index (χ2v) is 12.5. The maximum atomic E-state index is 5.01. The molecule has 2 aromatic heterocycles. The molecule has 0 spiro atoms. The highest BCUT2D eigenvalue weighted by Crippen LogP contribution is 2.32. The molecule has 3 aliphatic rings. The van der Waals surface area contributed by atoms with Gasteiger partial charge in [0.05, 0.1) is 23.3 Å². The summed E-state index contributed by atoms with van der Waals surface area (Å²) < 4.78 is 0. The minimum atomic E-state index is -0.0159. The van der Waals surface area contributed by atoms with Crippen LogP contribution in [0.5, 0.6) is 0 Å². The number of rotatable bonds is 6. The van der Waals surface area contributed by atoms with Gasteiger partial charge in [-0.1, -0.05) is 127 Å². The first-order valence-electron chi connectivity index (χ1n) is 16.8. The van der Waals surface area contributed by atoms with Crippen LogP contribution in [0.1, 0.15) is 33.9 Å². The summed E-state index contributed by atoms with van der Waals surface area (Å²) in [4.78, 5) is 18.6. The highest BCUT2D eigenvalue weighted by Gasteiger charge is 2.22. The van der Waals surface area contributed by atoms with Crippen LogP contribution in [0.2, 0.25) is 0 Å². The van der Waals surface area contributed by atoms with Gasteiger partial charge in [-0.2, -0.15) is 0 Å². The zero-order valence-electron chi connectivity index (χ0n) is 27.1.